The maximum absolute atomic E-state index is 11.8. The molecule has 2 rings (SSSR count). The molecule has 2 aromatic rings. The van der Waals surface area contributed by atoms with Crippen LogP contribution in [0, 0.1) is 0 Å². The van der Waals surface area contributed by atoms with Crippen molar-refractivity contribution in [3.8, 4) is 5.75 Å². The number of nitrogens with two attached hydrogens (primary N) is 1. The van der Waals surface area contributed by atoms with E-state index in [1.54, 1.807) is 24.3 Å². The highest BCUT2D eigenvalue weighted by Crippen LogP contribution is 2.23. The van der Waals surface area contributed by atoms with Gasteiger partial charge in [0.15, 0.2) is 5.13 Å². The number of rotatable bonds is 6. The number of sulfonamides is 1. The first-order chi connectivity index (χ1) is 9.44. The summed E-state index contributed by atoms with van der Waals surface area (Å²) in [6.07, 6.45) is 1.54. The second-order valence-corrected chi connectivity index (χ2v) is 8.06. The summed E-state index contributed by atoms with van der Waals surface area (Å²) in [7, 11) is -3.47. The molecule has 3 N–H and O–H groups in total. The molecular weight excluding hydrogens is 366 g/mol. The maximum Gasteiger partial charge on any atom is 0.237 e. The van der Waals surface area contributed by atoms with Crippen LogP contribution in [-0.2, 0) is 10.0 Å². The molecule has 0 spiro atoms. The fourth-order valence-electron chi connectivity index (χ4n) is 1.32. The third-order valence-electron chi connectivity index (χ3n) is 2.22. The molecule has 1 aromatic heterocycles. The Morgan fingerprint density at radius 1 is 1.35 bits per heavy atom. The lowest BCUT2D eigenvalue weighted by Gasteiger charge is -2.07. The molecule has 0 aliphatic carbocycles. The number of hydrogen-bond acceptors (Lipinski definition) is 6. The van der Waals surface area contributed by atoms with E-state index in [1.165, 1.54) is 17.5 Å². The Morgan fingerprint density at radius 2 is 2.05 bits per heavy atom. The molecule has 20 heavy (non-hydrogen) atoms. The Kier molecular flexibility index (Phi) is 4.84. The first-order valence-electron chi connectivity index (χ1n) is 5.55. The number of thiazole rings is 1. The highest BCUT2D eigenvalue weighted by atomic mass is 79.9. The van der Waals surface area contributed by atoms with Crippen LogP contribution in [0.25, 0.3) is 0 Å². The summed E-state index contributed by atoms with van der Waals surface area (Å²) in [4.78, 5) is 3.90. The van der Waals surface area contributed by atoms with Crippen molar-refractivity contribution in [2.24, 2.45) is 0 Å². The maximum atomic E-state index is 11.8. The molecule has 1 heterocycles. The van der Waals surface area contributed by atoms with Crippen molar-refractivity contribution in [1.82, 2.24) is 4.98 Å². The van der Waals surface area contributed by atoms with Crippen molar-refractivity contribution < 1.29 is 13.2 Å². The molecule has 6 nitrogen and oxygen atoms in total. The number of benzene rings is 1. The normalized spacial score (nSPS) is 11.2. The molecule has 0 radical (unpaired) electrons. The summed E-state index contributed by atoms with van der Waals surface area (Å²) >= 11 is 4.42. The average Bonchev–Trinajstić information content (AvgIpc) is 2.76. The molecule has 0 bridgehead atoms. The van der Waals surface area contributed by atoms with Gasteiger partial charge in [-0.3, -0.25) is 4.72 Å². The Hall–Kier alpha value is -1.32. The van der Waals surface area contributed by atoms with Gasteiger partial charge in [-0.05, 0) is 40.2 Å². The van der Waals surface area contributed by atoms with Gasteiger partial charge in [0.05, 0.1) is 9.98 Å². The Labute approximate surface area is 129 Å². The van der Waals surface area contributed by atoms with Crippen molar-refractivity contribution >= 4 is 48.1 Å². The predicted octanol–water partition coefficient (Wildman–Crippen LogP) is 2.31. The van der Waals surface area contributed by atoms with Gasteiger partial charge in [0.25, 0.3) is 0 Å². The molecular formula is C11H12BrN3O3S2. The van der Waals surface area contributed by atoms with Crippen LogP contribution in [0.3, 0.4) is 0 Å². The molecule has 0 aliphatic heterocycles. The van der Waals surface area contributed by atoms with Crippen LogP contribution in [0.4, 0.5) is 10.8 Å². The Balaban J connectivity index is 1.84. The van der Waals surface area contributed by atoms with Crippen LogP contribution in [-0.4, -0.2) is 25.8 Å². The molecule has 0 aliphatic rings. The lowest BCUT2D eigenvalue weighted by atomic mass is 10.3. The van der Waals surface area contributed by atoms with E-state index in [0.717, 1.165) is 3.79 Å². The lowest BCUT2D eigenvalue weighted by molar-refractivity contribution is 0.341. The van der Waals surface area contributed by atoms with Gasteiger partial charge in [-0.2, -0.15) is 0 Å². The SMILES string of the molecule is Nc1ccc(OCCS(=O)(=O)Nc2ncc(Br)s2)cc1. The highest BCUT2D eigenvalue weighted by Gasteiger charge is 2.13. The number of hydrogen-bond donors (Lipinski definition) is 2. The van der Waals surface area contributed by atoms with Gasteiger partial charge >= 0.3 is 0 Å². The van der Waals surface area contributed by atoms with Gasteiger partial charge in [0.1, 0.15) is 18.1 Å². The van der Waals surface area contributed by atoms with Crippen molar-refractivity contribution in [1.29, 1.82) is 0 Å². The fraction of sp³-hybridized carbons (Fsp3) is 0.182. The Morgan fingerprint density at radius 3 is 2.65 bits per heavy atom. The number of anilines is 2. The van der Waals surface area contributed by atoms with Crippen LogP contribution in [0.1, 0.15) is 0 Å². The number of halogens is 1. The summed E-state index contributed by atoms with van der Waals surface area (Å²) in [5, 5.41) is 0.323. The van der Waals surface area contributed by atoms with Gasteiger partial charge in [0.2, 0.25) is 10.0 Å². The largest absolute Gasteiger partial charge is 0.492 e. The fourth-order valence-corrected chi connectivity index (χ4v) is 3.55. The topological polar surface area (TPSA) is 94.3 Å². The van der Waals surface area contributed by atoms with Gasteiger partial charge < -0.3 is 10.5 Å². The van der Waals surface area contributed by atoms with E-state index >= 15 is 0 Å². The zero-order valence-electron chi connectivity index (χ0n) is 10.2. The van der Waals surface area contributed by atoms with Gasteiger partial charge in [-0.1, -0.05) is 11.3 Å². The summed E-state index contributed by atoms with van der Waals surface area (Å²) in [6, 6.07) is 6.75. The minimum atomic E-state index is -3.47. The molecule has 108 valence electrons. The lowest BCUT2D eigenvalue weighted by Crippen LogP contribution is -2.21. The van der Waals surface area contributed by atoms with E-state index < -0.39 is 10.0 Å². The third kappa shape index (κ3) is 4.66. The smallest absolute Gasteiger partial charge is 0.237 e. The summed E-state index contributed by atoms with van der Waals surface area (Å²) < 4.78 is 32.1. The van der Waals surface area contributed by atoms with Crippen LogP contribution in [0.5, 0.6) is 5.75 Å². The minimum absolute atomic E-state index is 0.0474. The van der Waals surface area contributed by atoms with Gasteiger partial charge in [-0.15, -0.1) is 0 Å². The van der Waals surface area contributed by atoms with Crippen LogP contribution >= 0.6 is 27.3 Å². The molecule has 0 saturated heterocycles. The standard InChI is InChI=1S/C11H12BrN3O3S2/c12-10-7-14-11(19-10)15-20(16,17)6-5-18-9-3-1-8(13)2-4-9/h1-4,7H,5-6,13H2,(H,14,15). The number of nitrogens with one attached hydrogen (secondary N) is 1. The van der Waals surface area contributed by atoms with Gasteiger partial charge in [0, 0.05) is 5.69 Å². The highest BCUT2D eigenvalue weighted by molar-refractivity contribution is 9.11. The Bertz CT molecular complexity index is 670. The molecule has 0 amide bonds. The summed E-state index contributed by atoms with van der Waals surface area (Å²) in [5.41, 5.74) is 6.17. The number of aromatic nitrogens is 1. The molecule has 0 saturated carbocycles. The van der Waals surface area contributed by atoms with E-state index in [9.17, 15) is 8.42 Å². The molecule has 0 atom stereocenters. The molecule has 1 aromatic carbocycles. The van der Waals surface area contributed by atoms with Crippen LogP contribution < -0.4 is 15.2 Å². The average molecular weight is 378 g/mol. The van der Waals surface area contributed by atoms with Crippen LogP contribution in [0.2, 0.25) is 0 Å². The molecule has 0 fully saturated rings. The van der Waals surface area contributed by atoms with Crippen molar-refractivity contribution in [2.45, 2.75) is 0 Å². The van der Waals surface area contributed by atoms with E-state index in [0.29, 0.717) is 16.6 Å². The van der Waals surface area contributed by atoms with Crippen molar-refractivity contribution in [3.63, 3.8) is 0 Å². The quantitative estimate of drug-likeness (QED) is 0.753. The van der Waals surface area contributed by atoms with E-state index in [2.05, 4.69) is 25.6 Å². The van der Waals surface area contributed by atoms with Crippen molar-refractivity contribution in [2.75, 3.05) is 22.8 Å². The molecule has 9 heteroatoms. The minimum Gasteiger partial charge on any atom is -0.492 e. The third-order valence-corrected chi connectivity index (χ3v) is 4.95. The first-order valence-corrected chi connectivity index (χ1v) is 8.81. The van der Waals surface area contributed by atoms with Crippen LogP contribution in [0.15, 0.2) is 34.2 Å². The summed E-state index contributed by atoms with van der Waals surface area (Å²) in [6.45, 7) is 0.0474. The van der Waals surface area contributed by atoms with E-state index in [1.807, 2.05) is 0 Å². The van der Waals surface area contributed by atoms with Crippen molar-refractivity contribution in [3.05, 3.63) is 34.2 Å². The van der Waals surface area contributed by atoms with Gasteiger partial charge in [-0.25, -0.2) is 13.4 Å². The monoisotopic (exact) mass is 377 g/mol. The number of ether oxygens (including phenoxy) is 1. The second-order valence-electron chi connectivity index (χ2n) is 3.81. The first kappa shape index (κ1) is 15.1. The van der Waals surface area contributed by atoms with E-state index in [-0.39, 0.29) is 12.4 Å². The zero-order chi connectivity index (χ0) is 14.6. The summed E-state index contributed by atoms with van der Waals surface area (Å²) in [5.74, 6) is 0.417. The number of nitrogen functional groups attached to an aromatic ring is 1. The number of nitrogens with zero attached hydrogens (tertiary/aromatic N) is 1. The predicted molar refractivity (Wildman–Crippen MR) is 83.6 cm³/mol. The second kappa shape index (κ2) is 6.42. The molecule has 0 unspecified atom stereocenters. The zero-order valence-corrected chi connectivity index (χ0v) is 13.5. The van der Waals surface area contributed by atoms with E-state index in [4.69, 9.17) is 10.5 Å².